The van der Waals surface area contributed by atoms with E-state index in [1.165, 1.54) is 0 Å². The second kappa shape index (κ2) is 6.70. The van der Waals surface area contributed by atoms with Crippen LogP contribution in [0, 0.1) is 16.7 Å². The van der Waals surface area contributed by atoms with E-state index in [2.05, 4.69) is 4.98 Å². The van der Waals surface area contributed by atoms with Gasteiger partial charge in [0.15, 0.2) is 5.78 Å². The van der Waals surface area contributed by atoms with Gasteiger partial charge in [0, 0.05) is 49.6 Å². The minimum Gasteiger partial charge on any atom is -0.512 e. The van der Waals surface area contributed by atoms with Gasteiger partial charge in [0.25, 0.3) is 0 Å². The molecule has 1 heterocycles. The van der Waals surface area contributed by atoms with Gasteiger partial charge in [-0.2, -0.15) is 0 Å². The normalized spacial score (nSPS) is 24.2. The van der Waals surface area contributed by atoms with Crippen molar-refractivity contribution in [3.05, 3.63) is 41.4 Å². The lowest BCUT2D eigenvalue weighted by molar-refractivity contribution is -0.140. The van der Waals surface area contributed by atoms with E-state index in [9.17, 15) is 19.5 Å². The highest BCUT2D eigenvalue weighted by Crippen LogP contribution is 2.47. The van der Waals surface area contributed by atoms with Crippen LogP contribution in [0.1, 0.15) is 64.9 Å². The van der Waals surface area contributed by atoms with Crippen LogP contribution in [0.2, 0.25) is 0 Å². The lowest BCUT2D eigenvalue weighted by Crippen LogP contribution is -2.43. The van der Waals surface area contributed by atoms with E-state index >= 15 is 0 Å². The van der Waals surface area contributed by atoms with Gasteiger partial charge >= 0.3 is 0 Å². The summed E-state index contributed by atoms with van der Waals surface area (Å²) in [7, 11) is 0. The Kier molecular flexibility index (Phi) is 4.83. The number of aliphatic hydroxyl groups excluding tert-OH is 1. The number of carbonyl (C=O) groups is 3. The van der Waals surface area contributed by atoms with Crippen molar-refractivity contribution in [3.8, 4) is 0 Å². The van der Waals surface area contributed by atoms with Crippen molar-refractivity contribution in [1.29, 1.82) is 0 Å². The van der Waals surface area contributed by atoms with E-state index in [0.29, 0.717) is 24.8 Å². The Labute approximate surface area is 159 Å². The third-order valence-electron chi connectivity index (χ3n) is 5.61. The molecule has 2 aliphatic rings. The maximum Gasteiger partial charge on any atom is 0.163 e. The number of ketones is 3. The molecule has 0 saturated heterocycles. The highest BCUT2D eigenvalue weighted by Gasteiger charge is 2.48. The molecular formula is C22H27NO4. The summed E-state index contributed by atoms with van der Waals surface area (Å²) in [6.45, 7) is 7.68. The van der Waals surface area contributed by atoms with Gasteiger partial charge in [-0.05, 0) is 28.5 Å². The predicted octanol–water partition coefficient (Wildman–Crippen LogP) is 3.94. The van der Waals surface area contributed by atoms with Crippen LogP contribution in [0.25, 0.3) is 0 Å². The first-order valence-corrected chi connectivity index (χ1v) is 9.41. The van der Waals surface area contributed by atoms with E-state index in [0.717, 1.165) is 0 Å². The number of allylic oxidation sites excluding steroid dienone is 2. The molecule has 1 aromatic heterocycles. The summed E-state index contributed by atoms with van der Waals surface area (Å²) in [5.74, 6) is -2.16. The van der Waals surface area contributed by atoms with Crippen LogP contribution in [-0.2, 0) is 14.4 Å². The summed E-state index contributed by atoms with van der Waals surface area (Å²) in [4.78, 5) is 42.9. The van der Waals surface area contributed by atoms with Gasteiger partial charge in [0.2, 0.25) is 0 Å². The number of aliphatic hydroxyl groups is 1. The Balaban J connectivity index is 2.13. The maximum atomic E-state index is 13.0. The second-order valence-electron chi connectivity index (χ2n) is 9.49. The number of pyridine rings is 1. The summed E-state index contributed by atoms with van der Waals surface area (Å²) in [5, 5.41) is 10.7. The molecule has 3 rings (SSSR count). The quantitative estimate of drug-likeness (QED) is 0.816. The zero-order valence-electron chi connectivity index (χ0n) is 16.4. The molecule has 2 aliphatic carbocycles. The molecule has 0 aromatic carbocycles. The molecule has 27 heavy (non-hydrogen) atoms. The molecule has 0 amide bonds. The first-order chi connectivity index (χ1) is 12.5. The van der Waals surface area contributed by atoms with Gasteiger partial charge in [-0.3, -0.25) is 19.4 Å². The summed E-state index contributed by atoms with van der Waals surface area (Å²) in [6, 6.07) is 3.44. The maximum absolute atomic E-state index is 13.0. The first kappa shape index (κ1) is 19.5. The van der Waals surface area contributed by atoms with Crippen LogP contribution in [0.4, 0.5) is 0 Å². The smallest absolute Gasteiger partial charge is 0.163 e. The van der Waals surface area contributed by atoms with E-state index < -0.39 is 11.8 Å². The highest BCUT2D eigenvalue weighted by molar-refractivity contribution is 6.09. The molecule has 1 saturated carbocycles. The first-order valence-electron chi connectivity index (χ1n) is 9.41. The Bertz CT molecular complexity index is 800. The van der Waals surface area contributed by atoms with Crippen molar-refractivity contribution in [2.45, 2.75) is 59.3 Å². The van der Waals surface area contributed by atoms with Crippen LogP contribution in [-0.4, -0.2) is 27.4 Å². The molecule has 1 atom stereocenters. The molecule has 1 N–H and O–H groups in total. The number of hydrogen-bond acceptors (Lipinski definition) is 5. The van der Waals surface area contributed by atoms with E-state index in [1.54, 1.807) is 24.5 Å². The summed E-state index contributed by atoms with van der Waals surface area (Å²) in [5.41, 5.74) is 0.191. The lowest BCUT2D eigenvalue weighted by Gasteiger charge is -2.38. The van der Waals surface area contributed by atoms with Crippen LogP contribution < -0.4 is 0 Å². The number of Topliss-reactive ketones (excluding diaryl/α,β-unsaturated/α-hetero) is 3. The summed E-state index contributed by atoms with van der Waals surface area (Å²) < 4.78 is 0. The molecule has 144 valence electrons. The van der Waals surface area contributed by atoms with E-state index in [4.69, 9.17) is 0 Å². The number of nitrogens with zero attached hydrogens (tertiary/aromatic N) is 1. The largest absolute Gasteiger partial charge is 0.512 e. The van der Waals surface area contributed by atoms with Gasteiger partial charge in [-0.15, -0.1) is 0 Å². The summed E-state index contributed by atoms with van der Waals surface area (Å²) in [6.07, 6.45) is 4.39. The van der Waals surface area contributed by atoms with Crippen LogP contribution >= 0.6 is 0 Å². The minimum atomic E-state index is -0.928. The van der Waals surface area contributed by atoms with Crippen LogP contribution in [0.5, 0.6) is 0 Å². The monoisotopic (exact) mass is 369 g/mol. The Morgan fingerprint density at radius 1 is 0.926 bits per heavy atom. The third-order valence-corrected chi connectivity index (χ3v) is 5.61. The molecule has 0 radical (unpaired) electrons. The molecule has 0 bridgehead atoms. The van der Waals surface area contributed by atoms with Crippen molar-refractivity contribution in [1.82, 2.24) is 4.98 Å². The van der Waals surface area contributed by atoms with Gasteiger partial charge in [-0.25, -0.2) is 0 Å². The fourth-order valence-electron chi connectivity index (χ4n) is 4.53. The topological polar surface area (TPSA) is 84.3 Å². The van der Waals surface area contributed by atoms with Gasteiger partial charge in [0.05, 0.1) is 5.92 Å². The molecule has 1 aromatic rings. The number of rotatable bonds is 3. The molecule has 0 aliphatic heterocycles. The van der Waals surface area contributed by atoms with Crippen molar-refractivity contribution in [2.24, 2.45) is 16.7 Å². The third kappa shape index (κ3) is 3.87. The highest BCUT2D eigenvalue weighted by atomic mass is 16.3. The van der Waals surface area contributed by atoms with Gasteiger partial charge in [0.1, 0.15) is 17.3 Å². The standard InChI is InChI=1S/C22H27NO4/c1-21(2)9-14(24)19(15(25)10-21)18(13-5-7-23-8-6-13)20-16(26)11-22(3,4)12-17(20)27/h5-8,18-19,26H,9-12H2,1-4H3/t18-/m0/s1. The Hall–Kier alpha value is -2.30. The van der Waals surface area contributed by atoms with Crippen molar-refractivity contribution in [2.75, 3.05) is 0 Å². The molecule has 0 spiro atoms. The minimum absolute atomic E-state index is 0.00324. The van der Waals surface area contributed by atoms with Gasteiger partial charge in [-0.1, -0.05) is 27.7 Å². The molecule has 5 heteroatoms. The van der Waals surface area contributed by atoms with Crippen molar-refractivity contribution < 1.29 is 19.5 Å². The average molecular weight is 369 g/mol. The number of aromatic nitrogens is 1. The lowest BCUT2D eigenvalue weighted by atomic mass is 9.62. The van der Waals surface area contributed by atoms with Crippen LogP contribution in [0.3, 0.4) is 0 Å². The van der Waals surface area contributed by atoms with Crippen molar-refractivity contribution in [3.63, 3.8) is 0 Å². The van der Waals surface area contributed by atoms with E-state index in [-0.39, 0.29) is 45.9 Å². The molecule has 5 nitrogen and oxygen atoms in total. The molecular weight excluding hydrogens is 342 g/mol. The van der Waals surface area contributed by atoms with Gasteiger partial charge < -0.3 is 5.11 Å². The average Bonchev–Trinajstić information content (AvgIpc) is 2.50. The zero-order valence-corrected chi connectivity index (χ0v) is 16.4. The molecule has 1 fully saturated rings. The predicted molar refractivity (Wildman–Crippen MR) is 101 cm³/mol. The van der Waals surface area contributed by atoms with Crippen molar-refractivity contribution >= 4 is 17.3 Å². The Morgan fingerprint density at radius 3 is 1.96 bits per heavy atom. The zero-order chi connectivity index (χ0) is 20.0. The Morgan fingerprint density at radius 2 is 1.44 bits per heavy atom. The number of carbonyl (C=O) groups excluding carboxylic acids is 3. The molecule has 0 unspecified atom stereocenters. The SMILES string of the molecule is CC1(C)CC(=O)C([C@@H](C2=C(O)CC(C)(C)CC2=O)c2ccncc2)C(=O)C1. The fraction of sp³-hybridized carbons (Fsp3) is 0.545. The number of hydrogen-bond donors (Lipinski definition) is 1. The second-order valence-corrected chi connectivity index (χ2v) is 9.49. The van der Waals surface area contributed by atoms with Crippen LogP contribution in [0.15, 0.2) is 35.9 Å². The van der Waals surface area contributed by atoms with E-state index in [1.807, 2.05) is 27.7 Å². The fourth-order valence-corrected chi connectivity index (χ4v) is 4.53. The summed E-state index contributed by atoms with van der Waals surface area (Å²) >= 11 is 0.